The Morgan fingerprint density at radius 3 is 1.57 bits per heavy atom. The highest BCUT2D eigenvalue weighted by Gasteiger charge is 2.19. The van der Waals surface area contributed by atoms with Crippen LogP contribution in [0, 0.1) is 11.8 Å². The highest BCUT2D eigenvalue weighted by Crippen LogP contribution is 2.21. The third-order valence-electron chi connectivity index (χ3n) is 6.13. The van der Waals surface area contributed by atoms with Crippen LogP contribution in [0.25, 0.3) is 0 Å². The lowest BCUT2D eigenvalue weighted by Crippen LogP contribution is -2.21. The zero-order valence-corrected chi connectivity index (χ0v) is 19.9. The summed E-state index contributed by atoms with van der Waals surface area (Å²) in [5.41, 5.74) is 0. The van der Waals surface area contributed by atoms with Crippen LogP contribution in [0.15, 0.2) is 0 Å². The molecule has 0 aromatic carbocycles. The summed E-state index contributed by atoms with van der Waals surface area (Å²) >= 11 is 0. The molecule has 28 heavy (non-hydrogen) atoms. The van der Waals surface area contributed by atoms with E-state index in [1.807, 2.05) is 0 Å². The second-order valence-corrected chi connectivity index (χ2v) is 8.86. The lowest BCUT2D eigenvalue weighted by atomic mass is 9.94. The zero-order valence-electron chi connectivity index (χ0n) is 19.9. The first-order chi connectivity index (χ1) is 13.7. The van der Waals surface area contributed by atoms with Crippen molar-refractivity contribution in [3.63, 3.8) is 0 Å². The number of carbonyl (C=O) groups excluding carboxylic acids is 1. The van der Waals surface area contributed by atoms with Gasteiger partial charge in [-0.25, -0.2) is 0 Å². The van der Waals surface area contributed by atoms with Crippen molar-refractivity contribution < 1.29 is 9.53 Å². The Kier molecular flexibility index (Phi) is 20.8. The van der Waals surface area contributed by atoms with Crippen LogP contribution in [-0.2, 0) is 9.53 Å². The van der Waals surface area contributed by atoms with Crippen LogP contribution in [0.4, 0.5) is 0 Å². The van der Waals surface area contributed by atoms with Gasteiger partial charge in [0.05, 0.1) is 12.5 Å². The molecule has 0 bridgehead atoms. The fourth-order valence-electron chi connectivity index (χ4n) is 3.99. The normalized spacial score (nSPS) is 13.4. The molecule has 0 heterocycles. The average Bonchev–Trinajstić information content (AvgIpc) is 2.71. The molecule has 2 atom stereocenters. The van der Waals surface area contributed by atoms with Gasteiger partial charge in [-0.1, -0.05) is 118 Å². The number of carbonyl (C=O) groups is 1. The minimum atomic E-state index is 0.0606. The van der Waals surface area contributed by atoms with Gasteiger partial charge >= 0.3 is 5.97 Å². The number of hydrogen-bond donors (Lipinski definition) is 0. The van der Waals surface area contributed by atoms with Crippen LogP contribution in [0.3, 0.4) is 0 Å². The van der Waals surface area contributed by atoms with Gasteiger partial charge in [0.25, 0.3) is 0 Å². The van der Waals surface area contributed by atoms with Gasteiger partial charge in [-0.3, -0.25) is 4.79 Å². The Morgan fingerprint density at radius 1 is 0.607 bits per heavy atom. The lowest BCUT2D eigenvalue weighted by molar-refractivity contribution is -0.150. The van der Waals surface area contributed by atoms with Gasteiger partial charge in [-0.2, -0.15) is 0 Å². The van der Waals surface area contributed by atoms with Crippen molar-refractivity contribution >= 4 is 5.97 Å². The molecule has 0 spiro atoms. The van der Waals surface area contributed by atoms with E-state index in [1.54, 1.807) is 0 Å². The van der Waals surface area contributed by atoms with E-state index >= 15 is 0 Å². The highest BCUT2D eigenvalue weighted by atomic mass is 16.5. The van der Waals surface area contributed by atoms with Crippen molar-refractivity contribution in [2.24, 2.45) is 11.8 Å². The molecule has 2 unspecified atom stereocenters. The maximum atomic E-state index is 12.4. The maximum Gasteiger partial charge on any atom is 0.308 e. The molecule has 0 saturated carbocycles. The van der Waals surface area contributed by atoms with Gasteiger partial charge in [0.1, 0.15) is 0 Å². The van der Waals surface area contributed by atoms with E-state index < -0.39 is 0 Å². The quantitative estimate of drug-likeness (QED) is 0.143. The summed E-state index contributed by atoms with van der Waals surface area (Å²) in [7, 11) is 0. The summed E-state index contributed by atoms with van der Waals surface area (Å²) in [6.07, 6.45) is 22.8. The number of ether oxygens (including phenoxy) is 1. The molecular formula is C26H52O2. The van der Waals surface area contributed by atoms with Crippen molar-refractivity contribution in [2.75, 3.05) is 6.61 Å². The molecule has 0 aromatic rings. The molecular weight excluding hydrogens is 344 g/mol. The SMILES string of the molecule is CCCCCCCCCCC(CCCCCC)COC(=O)C(CC)CCCC. The minimum Gasteiger partial charge on any atom is -0.465 e. The van der Waals surface area contributed by atoms with Gasteiger partial charge in [0, 0.05) is 0 Å². The van der Waals surface area contributed by atoms with Crippen LogP contribution < -0.4 is 0 Å². The molecule has 0 rings (SSSR count). The van der Waals surface area contributed by atoms with Crippen LogP contribution in [-0.4, -0.2) is 12.6 Å². The van der Waals surface area contributed by atoms with E-state index in [2.05, 4.69) is 27.7 Å². The number of unbranched alkanes of at least 4 members (excludes halogenated alkanes) is 11. The molecule has 168 valence electrons. The molecule has 0 fully saturated rings. The molecule has 0 N–H and O–H groups in total. The molecule has 0 aromatic heterocycles. The van der Waals surface area contributed by atoms with Crippen molar-refractivity contribution in [1.29, 1.82) is 0 Å². The Balaban J connectivity index is 4.15. The first-order valence-corrected chi connectivity index (χ1v) is 12.9. The summed E-state index contributed by atoms with van der Waals surface area (Å²) in [5.74, 6) is 0.749. The fourth-order valence-corrected chi connectivity index (χ4v) is 3.99. The Labute approximate surface area is 177 Å². The molecule has 2 nitrogen and oxygen atoms in total. The first kappa shape index (κ1) is 27.5. The van der Waals surface area contributed by atoms with E-state index in [1.165, 1.54) is 89.9 Å². The highest BCUT2D eigenvalue weighted by molar-refractivity contribution is 5.72. The largest absolute Gasteiger partial charge is 0.465 e. The summed E-state index contributed by atoms with van der Waals surface area (Å²) in [6.45, 7) is 9.50. The second kappa shape index (κ2) is 21.2. The van der Waals surface area contributed by atoms with Gasteiger partial charge in [-0.05, 0) is 31.6 Å². The topological polar surface area (TPSA) is 26.3 Å². The molecule has 0 saturated heterocycles. The molecule has 2 heteroatoms. The van der Waals surface area contributed by atoms with Crippen LogP contribution in [0.5, 0.6) is 0 Å². The van der Waals surface area contributed by atoms with E-state index in [0.717, 1.165) is 25.7 Å². The van der Waals surface area contributed by atoms with Gasteiger partial charge in [0.15, 0.2) is 0 Å². The Bertz CT molecular complexity index is 326. The van der Waals surface area contributed by atoms with E-state index in [4.69, 9.17) is 4.74 Å². The summed E-state index contributed by atoms with van der Waals surface area (Å²) in [6, 6.07) is 0. The van der Waals surface area contributed by atoms with Crippen molar-refractivity contribution in [3.05, 3.63) is 0 Å². The third kappa shape index (κ3) is 16.4. The summed E-state index contributed by atoms with van der Waals surface area (Å²) in [5, 5.41) is 0. The standard InChI is InChI=1S/C26H52O2/c1-5-9-12-14-15-16-17-19-21-24(20-18-13-10-6-2)23-28-26(27)25(8-4)22-11-7-3/h24-25H,5-23H2,1-4H3. The average molecular weight is 397 g/mol. The molecule has 0 aliphatic heterocycles. The van der Waals surface area contributed by atoms with Gasteiger partial charge in [-0.15, -0.1) is 0 Å². The first-order valence-electron chi connectivity index (χ1n) is 12.9. The smallest absolute Gasteiger partial charge is 0.308 e. The van der Waals surface area contributed by atoms with Gasteiger partial charge < -0.3 is 4.74 Å². The second-order valence-electron chi connectivity index (χ2n) is 8.86. The monoisotopic (exact) mass is 396 g/mol. The minimum absolute atomic E-state index is 0.0606. The van der Waals surface area contributed by atoms with Crippen LogP contribution in [0.1, 0.15) is 143 Å². The van der Waals surface area contributed by atoms with Crippen molar-refractivity contribution in [1.82, 2.24) is 0 Å². The molecule has 0 amide bonds. The molecule has 0 radical (unpaired) electrons. The van der Waals surface area contributed by atoms with Crippen molar-refractivity contribution in [2.45, 2.75) is 143 Å². The van der Waals surface area contributed by atoms with E-state index in [9.17, 15) is 4.79 Å². The Morgan fingerprint density at radius 2 is 1.07 bits per heavy atom. The van der Waals surface area contributed by atoms with Crippen molar-refractivity contribution in [3.8, 4) is 0 Å². The molecule has 0 aliphatic rings. The maximum absolute atomic E-state index is 12.4. The number of esters is 1. The van der Waals surface area contributed by atoms with Crippen LogP contribution >= 0.6 is 0 Å². The predicted molar refractivity (Wildman–Crippen MR) is 124 cm³/mol. The number of rotatable bonds is 21. The van der Waals surface area contributed by atoms with Crippen LogP contribution in [0.2, 0.25) is 0 Å². The molecule has 0 aliphatic carbocycles. The van der Waals surface area contributed by atoms with E-state index in [0.29, 0.717) is 12.5 Å². The van der Waals surface area contributed by atoms with Gasteiger partial charge in [0.2, 0.25) is 0 Å². The zero-order chi connectivity index (χ0) is 20.9. The Hall–Kier alpha value is -0.530. The summed E-state index contributed by atoms with van der Waals surface area (Å²) < 4.78 is 5.79. The third-order valence-corrected chi connectivity index (χ3v) is 6.13. The predicted octanol–water partition coefficient (Wildman–Crippen LogP) is 8.86. The lowest BCUT2D eigenvalue weighted by Gasteiger charge is -2.19. The van der Waals surface area contributed by atoms with E-state index in [-0.39, 0.29) is 11.9 Å². The summed E-state index contributed by atoms with van der Waals surface area (Å²) in [4.78, 5) is 12.4. The fraction of sp³-hybridized carbons (Fsp3) is 0.962. The number of hydrogen-bond acceptors (Lipinski definition) is 2.